The van der Waals surface area contributed by atoms with Crippen molar-refractivity contribution < 1.29 is 0 Å². The number of nitrogen functional groups attached to an aromatic ring is 1. The van der Waals surface area contributed by atoms with Gasteiger partial charge < -0.3 is 5.73 Å². The van der Waals surface area contributed by atoms with E-state index in [9.17, 15) is 0 Å². The van der Waals surface area contributed by atoms with Gasteiger partial charge in [0.2, 0.25) is 0 Å². The first-order chi connectivity index (χ1) is 9.06. The molecule has 0 spiro atoms. The number of benzene rings is 1. The lowest BCUT2D eigenvalue weighted by atomic mass is 10.1. The lowest BCUT2D eigenvalue weighted by molar-refractivity contribution is 0.962. The molecule has 0 radical (unpaired) electrons. The quantitative estimate of drug-likeness (QED) is 0.676. The first-order valence-corrected chi connectivity index (χ1v) is 6.12. The molecule has 0 atom stereocenters. The number of aromatic nitrogens is 4. The highest BCUT2D eigenvalue weighted by Crippen LogP contribution is 2.23. The van der Waals surface area contributed by atoms with Crippen LogP contribution in [-0.4, -0.2) is 19.6 Å². The first-order valence-electron chi connectivity index (χ1n) is 6.12. The van der Waals surface area contributed by atoms with Crippen molar-refractivity contribution in [2.24, 2.45) is 0 Å². The summed E-state index contributed by atoms with van der Waals surface area (Å²) in [5, 5.41) is 8.48. The van der Waals surface area contributed by atoms with Gasteiger partial charge in [-0.2, -0.15) is 0 Å². The van der Waals surface area contributed by atoms with Gasteiger partial charge in [-0.25, -0.2) is 4.98 Å². The van der Waals surface area contributed by atoms with Crippen LogP contribution in [0.25, 0.3) is 17.0 Å². The van der Waals surface area contributed by atoms with Crippen molar-refractivity contribution in [3.05, 3.63) is 41.3 Å². The van der Waals surface area contributed by atoms with Crippen molar-refractivity contribution in [2.75, 3.05) is 5.73 Å². The molecular formula is C14H15N5. The summed E-state index contributed by atoms with van der Waals surface area (Å²) in [5.41, 5.74) is 10.4. The number of aryl methyl sites for hydroxylation is 3. The van der Waals surface area contributed by atoms with Crippen LogP contribution in [0.15, 0.2) is 24.3 Å². The molecule has 2 heterocycles. The molecule has 3 aromatic rings. The summed E-state index contributed by atoms with van der Waals surface area (Å²) < 4.78 is 1.96. The van der Waals surface area contributed by atoms with Gasteiger partial charge in [-0.05, 0) is 44.5 Å². The fraction of sp³-hybridized carbons (Fsp3) is 0.214. The van der Waals surface area contributed by atoms with Gasteiger partial charge in [0.1, 0.15) is 5.82 Å². The SMILES string of the molecule is Cc1cc2nnc(-c3ccc(N)c(C)c3)n2c(C)n1. The third kappa shape index (κ3) is 1.83. The maximum Gasteiger partial charge on any atom is 0.169 e. The minimum Gasteiger partial charge on any atom is -0.399 e. The minimum absolute atomic E-state index is 0.781. The normalized spacial score (nSPS) is 11.1. The molecule has 96 valence electrons. The Morgan fingerprint density at radius 1 is 1.05 bits per heavy atom. The van der Waals surface area contributed by atoms with E-state index in [1.54, 1.807) is 0 Å². The zero-order valence-electron chi connectivity index (χ0n) is 11.2. The smallest absolute Gasteiger partial charge is 0.169 e. The zero-order valence-corrected chi connectivity index (χ0v) is 11.2. The number of nitrogens with two attached hydrogens (primary N) is 1. The highest BCUT2D eigenvalue weighted by molar-refractivity contribution is 5.64. The van der Waals surface area contributed by atoms with Crippen molar-refractivity contribution >= 4 is 11.3 Å². The fourth-order valence-corrected chi connectivity index (χ4v) is 2.23. The standard InChI is InChI=1S/C14H15N5/c1-8-6-11(4-5-12(8)15)14-18-17-13-7-9(2)16-10(3)19(13)14/h4-7H,15H2,1-3H3. The van der Waals surface area contributed by atoms with Gasteiger partial charge in [0, 0.05) is 23.0 Å². The topological polar surface area (TPSA) is 69.1 Å². The molecule has 0 aliphatic heterocycles. The Kier molecular flexibility index (Phi) is 2.48. The summed E-state index contributed by atoms with van der Waals surface area (Å²) in [7, 11) is 0. The average Bonchev–Trinajstić information content (AvgIpc) is 2.76. The molecule has 2 aromatic heterocycles. The first kappa shape index (κ1) is 11.6. The Balaban J connectivity index is 2.28. The van der Waals surface area contributed by atoms with Crippen LogP contribution in [0.5, 0.6) is 0 Å². The van der Waals surface area contributed by atoms with Crippen LogP contribution in [0.2, 0.25) is 0 Å². The molecule has 0 bridgehead atoms. The third-order valence-corrected chi connectivity index (χ3v) is 3.22. The van der Waals surface area contributed by atoms with Crippen LogP contribution >= 0.6 is 0 Å². The number of fused-ring (bicyclic) bond motifs is 1. The maximum atomic E-state index is 5.85. The molecule has 0 saturated heterocycles. The van der Waals surface area contributed by atoms with Crippen molar-refractivity contribution in [3.8, 4) is 11.4 Å². The molecule has 3 rings (SSSR count). The molecule has 0 unspecified atom stereocenters. The number of nitrogens with zero attached hydrogens (tertiary/aromatic N) is 4. The maximum absolute atomic E-state index is 5.85. The van der Waals surface area contributed by atoms with E-state index in [-0.39, 0.29) is 0 Å². The lowest BCUT2D eigenvalue weighted by Gasteiger charge is -2.06. The molecule has 5 heteroatoms. The molecule has 19 heavy (non-hydrogen) atoms. The Bertz CT molecular complexity index is 773. The van der Waals surface area contributed by atoms with Crippen LogP contribution < -0.4 is 5.73 Å². The van der Waals surface area contributed by atoms with Gasteiger partial charge in [-0.3, -0.25) is 4.40 Å². The molecule has 0 saturated carbocycles. The van der Waals surface area contributed by atoms with Gasteiger partial charge >= 0.3 is 0 Å². The summed E-state index contributed by atoms with van der Waals surface area (Å²) in [6, 6.07) is 7.79. The number of anilines is 1. The molecule has 2 N–H and O–H groups in total. The van der Waals surface area contributed by atoms with Gasteiger partial charge in [-0.15, -0.1) is 10.2 Å². The van der Waals surface area contributed by atoms with Crippen molar-refractivity contribution in [1.29, 1.82) is 0 Å². The van der Waals surface area contributed by atoms with Crippen LogP contribution in [0.1, 0.15) is 17.1 Å². The van der Waals surface area contributed by atoms with Crippen molar-refractivity contribution in [3.63, 3.8) is 0 Å². The van der Waals surface area contributed by atoms with Crippen LogP contribution in [0.4, 0.5) is 5.69 Å². The zero-order chi connectivity index (χ0) is 13.6. The second-order valence-electron chi connectivity index (χ2n) is 4.73. The summed E-state index contributed by atoms with van der Waals surface area (Å²) in [4.78, 5) is 4.46. The van der Waals surface area contributed by atoms with E-state index >= 15 is 0 Å². The van der Waals surface area contributed by atoms with Gasteiger partial charge in [0.15, 0.2) is 11.5 Å². The predicted octanol–water partition coefficient (Wildman–Crippen LogP) is 2.30. The molecule has 5 nitrogen and oxygen atoms in total. The molecule has 1 aromatic carbocycles. The van der Waals surface area contributed by atoms with Crippen molar-refractivity contribution in [1.82, 2.24) is 19.6 Å². The highest BCUT2D eigenvalue weighted by atomic mass is 15.3. The molecule has 0 fully saturated rings. The van der Waals surface area contributed by atoms with E-state index in [1.165, 1.54) is 0 Å². The largest absolute Gasteiger partial charge is 0.399 e. The van der Waals surface area contributed by atoms with E-state index in [0.717, 1.165) is 39.8 Å². The lowest BCUT2D eigenvalue weighted by Crippen LogP contribution is -1.99. The molecular weight excluding hydrogens is 238 g/mol. The molecule has 0 amide bonds. The number of hydrogen-bond donors (Lipinski definition) is 1. The van der Waals surface area contributed by atoms with E-state index in [0.29, 0.717) is 0 Å². The second-order valence-corrected chi connectivity index (χ2v) is 4.73. The number of rotatable bonds is 1. The van der Waals surface area contributed by atoms with Crippen LogP contribution in [-0.2, 0) is 0 Å². The Morgan fingerprint density at radius 2 is 1.84 bits per heavy atom. The average molecular weight is 253 g/mol. The van der Waals surface area contributed by atoms with Gasteiger partial charge in [-0.1, -0.05) is 0 Å². The van der Waals surface area contributed by atoms with Crippen LogP contribution in [0.3, 0.4) is 0 Å². The monoisotopic (exact) mass is 253 g/mol. The Hall–Kier alpha value is -2.43. The minimum atomic E-state index is 0.781. The van der Waals surface area contributed by atoms with Crippen LogP contribution in [0, 0.1) is 20.8 Å². The second kappa shape index (κ2) is 4.05. The summed E-state index contributed by atoms with van der Waals surface area (Å²) >= 11 is 0. The summed E-state index contributed by atoms with van der Waals surface area (Å²) in [5.74, 6) is 1.67. The van der Waals surface area contributed by atoms with Crippen molar-refractivity contribution in [2.45, 2.75) is 20.8 Å². The van der Waals surface area contributed by atoms with Gasteiger partial charge in [0.25, 0.3) is 0 Å². The summed E-state index contributed by atoms with van der Waals surface area (Å²) in [6.45, 7) is 5.89. The Labute approximate surface area is 111 Å². The summed E-state index contributed by atoms with van der Waals surface area (Å²) in [6.07, 6.45) is 0. The molecule has 0 aliphatic carbocycles. The number of hydrogen-bond acceptors (Lipinski definition) is 4. The fourth-order valence-electron chi connectivity index (χ4n) is 2.23. The predicted molar refractivity (Wildman–Crippen MR) is 74.8 cm³/mol. The third-order valence-electron chi connectivity index (χ3n) is 3.22. The van der Waals surface area contributed by atoms with E-state index in [1.807, 2.05) is 49.4 Å². The van der Waals surface area contributed by atoms with E-state index in [2.05, 4.69) is 15.2 Å². The van der Waals surface area contributed by atoms with E-state index in [4.69, 9.17) is 5.73 Å². The van der Waals surface area contributed by atoms with E-state index < -0.39 is 0 Å². The van der Waals surface area contributed by atoms with Gasteiger partial charge in [0.05, 0.1) is 0 Å². The highest BCUT2D eigenvalue weighted by Gasteiger charge is 2.11. The molecule has 0 aliphatic rings. The Morgan fingerprint density at radius 3 is 2.58 bits per heavy atom.